The number of nitrogens with one attached hydrogen (secondary N) is 2. The molecule has 3 nitrogen and oxygen atoms in total. The van der Waals surface area contributed by atoms with Gasteiger partial charge in [0, 0.05) is 11.6 Å². The first kappa shape index (κ1) is 19.5. The third kappa shape index (κ3) is 7.06. The Kier molecular flexibility index (Phi) is 8.74. The van der Waals surface area contributed by atoms with Crippen LogP contribution in [0.5, 0.6) is 0 Å². The van der Waals surface area contributed by atoms with Crippen molar-refractivity contribution in [3.8, 4) is 0 Å². The SMILES string of the molecule is CC=C(F)C=CCCNC(=O)C(CC)Nc1ccc(Cl)cc1Cl. The third-order valence-electron chi connectivity index (χ3n) is 3.15. The number of rotatable bonds is 8. The summed E-state index contributed by atoms with van der Waals surface area (Å²) in [6.45, 7) is 3.97. The highest BCUT2D eigenvalue weighted by Gasteiger charge is 2.16. The molecule has 23 heavy (non-hydrogen) atoms. The van der Waals surface area contributed by atoms with Gasteiger partial charge < -0.3 is 10.6 Å². The third-order valence-corrected chi connectivity index (χ3v) is 3.70. The summed E-state index contributed by atoms with van der Waals surface area (Å²) in [7, 11) is 0. The van der Waals surface area contributed by atoms with E-state index in [4.69, 9.17) is 23.2 Å². The van der Waals surface area contributed by atoms with Crippen molar-refractivity contribution < 1.29 is 9.18 Å². The van der Waals surface area contributed by atoms with E-state index in [-0.39, 0.29) is 11.7 Å². The van der Waals surface area contributed by atoms with E-state index < -0.39 is 6.04 Å². The Bertz CT molecular complexity index is 588. The van der Waals surface area contributed by atoms with Crippen LogP contribution in [0.4, 0.5) is 10.1 Å². The van der Waals surface area contributed by atoms with Gasteiger partial charge in [-0.3, -0.25) is 4.79 Å². The van der Waals surface area contributed by atoms with Gasteiger partial charge in [-0.05, 0) is 44.0 Å². The van der Waals surface area contributed by atoms with Gasteiger partial charge in [-0.1, -0.05) is 42.3 Å². The molecule has 0 radical (unpaired) electrons. The van der Waals surface area contributed by atoms with E-state index in [2.05, 4.69) is 10.6 Å². The van der Waals surface area contributed by atoms with Gasteiger partial charge in [-0.15, -0.1) is 0 Å². The van der Waals surface area contributed by atoms with Crippen molar-refractivity contribution in [2.45, 2.75) is 32.7 Å². The van der Waals surface area contributed by atoms with Crippen molar-refractivity contribution in [3.63, 3.8) is 0 Å². The Morgan fingerprint density at radius 2 is 2.13 bits per heavy atom. The van der Waals surface area contributed by atoms with Crippen molar-refractivity contribution >= 4 is 34.8 Å². The van der Waals surface area contributed by atoms with Crippen LogP contribution < -0.4 is 10.6 Å². The van der Waals surface area contributed by atoms with Crippen LogP contribution in [-0.2, 0) is 4.79 Å². The van der Waals surface area contributed by atoms with Gasteiger partial charge in [0.1, 0.15) is 11.9 Å². The molecule has 1 rings (SSSR count). The second-order valence-electron chi connectivity index (χ2n) is 4.88. The predicted molar refractivity (Wildman–Crippen MR) is 95.8 cm³/mol. The monoisotopic (exact) mass is 358 g/mol. The molecule has 1 amide bonds. The summed E-state index contributed by atoms with van der Waals surface area (Å²) in [5.41, 5.74) is 0.660. The molecule has 1 unspecified atom stereocenters. The van der Waals surface area contributed by atoms with Crippen LogP contribution in [0.1, 0.15) is 26.7 Å². The van der Waals surface area contributed by atoms with Crippen molar-refractivity contribution in [1.82, 2.24) is 5.32 Å². The maximum absolute atomic E-state index is 12.9. The Hall–Kier alpha value is -1.52. The van der Waals surface area contributed by atoms with Crippen molar-refractivity contribution in [2.75, 3.05) is 11.9 Å². The van der Waals surface area contributed by atoms with Crippen LogP contribution in [0.25, 0.3) is 0 Å². The summed E-state index contributed by atoms with van der Waals surface area (Å²) < 4.78 is 12.9. The van der Waals surface area contributed by atoms with Gasteiger partial charge in [-0.2, -0.15) is 0 Å². The fourth-order valence-corrected chi connectivity index (χ4v) is 2.30. The number of benzene rings is 1. The molecule has 6 heteroatoms. The van der Waals surface area contributed by atoms with Gasteiger partial charge in [0.2, 0.25) is 5.91 Å². The second kappa shape index (κ2) is 10.3. The van der Waals surface area contributed by atoms with Crippen LogP contribution in [-0.4, -0.2) is 18.5 Å². The summed E-state index contributed by atoms with van der Waals surface area (Å²) in [5.74, 6) is -0.416. The zero-order chi connectivity index (χ0) is 17.2. The molecule has 1 aromatic carbocycles. The summed E-state index contributed by atoms with van der Waals surface area (Å²) in [6.07, 6.45) is 5.61. The number of carbonyl (C=O) groups is 1. The lowest BCUT2D eigenvalue weighted by atomic mass is 10.2. The van der Waals surface area contributed by atoms with Crippen LogP contribution in [0.2, 0.25) is 10.0 Å². The standard InChI is InChI=1S/C17H21Cl2FN2O/c1-3-13(20)7-5-6-10-21-17(23)15(4-2)22-16-9-8-12(18)11-14(16)19/h3,5,7-9,11,15,22H,4,6,10H2,1-2H3,(H,21,23). The molecule has 1 atom stereocenters. The molecular formula is C17H21Cl2FN2O. The second-order valence-corrected chi connectivity index (χ2v) is 5.73. The predicted octanol–water partition coefficient (Wildman–Crippen LogP) is 5.12. The van der Waals surface area contributed by atoms with E-state index in [1.165, 1.54) is 12.2 Å². The molecule has 0 bridgehead atoms. The first-order chi connectivity index (χ1) is 11.0. The first-order valence-corrected chi connectivity index (χ1v) is 8.21. The van der Waals surface area contributed by atoms with E-state index in [1.807, 2.05) is 6.92 Å². The number of halogens is 3. The molecule has 2 N–H and O–H groups in total. The zero-order valence-corrected chi connectivity index (χ0v) is 14.7. The van der Waals surface area contributed by atoms with E-state index in [1.54, 1.807) is 31.2 Å². The molecule has 0 aliphatic carbocycles. The van der Waals surface area contributed by atoms with Gasteiger partial charge in [0.15, 0.2) is 0 Å². The Morgan fingerprint density at radius 1 is 1.39 bits per heavy atom. The largest absolute Gasteiger partial charge is 0.372 e. The normalized spacial score (nSPS) is 13.2. The van der Waals surface area contributed by atoms with E-state index in [0.29, 0.717) is 35.1 Å². The number of amides is 1. The molecule has 0 aliphatic rings. The minimum atomic E-state index is -0.398. The van der Waals surface area contributed by atoms with E-state index in [9.17, 15) is 9.18 Å². The smallest absolute Gasteiger partial charge is 0.242 e. The molecule has 126 valence electrons. The minimum absolute atomic E-state index is 0.126. The summed E-state index contributed by atoms with van der Waals surface area (Å²) >= 11 is 11.9. The average molecular weight is 359 g/mol. The molecule has 0 aromatic heterocycles. The van der Waals surface area contributed by atoms with Gasteiger partial charge in [0.05, 0.1) is 10.7 Å². The van der Waals surface area contributed by atoms with Crippen molar-refractivity contribution in [2.24, 2.45) is 0 Å². The highest BCUT2D eigenvalue weighted by molar-refractivity contribution is 6.36. The molecule has 0 spiro atoms. The summed E-state index contributed by atoms with van der Waals surface area (Å²) in [6, 6.07) is 4.67. The molecule has 0 saturated heterocycles. The minimum Gasteiger partial charge on any atom is -0.372 e. The topological polar surface area (TPSA) is 41.1 Å². The fraction of sp³-hybridized carbons (Fsp3) is 0.353. The summed E-state index contributed by atoms with van der Waals surface area (Å²) in [4.78, 5) is 12.2. The van der Waals surface area contributed by atoms with Crippen LogP contribution in [0, 0.1) is 0 Å². The lowest BCUT2D eigenvalue weighted by molar-refractivity contribution is -0.121. The molecule has 1 aromatic rings. The average Bonchev–Trinajstić information content (AvgIpc) is 2.53. The quantitative estimate of drug-likeness (QED) is 0.500. The van der Waals surface area contributed by atoms with E-state index >= 15 is 0 Å². The number of anilines is 1. The number of allylic oxidation sites excluding steroid dienone is 3. The summed E-state index contributed by atoms with van der Waals surface area (Å²) in [5, 5.41) is 6.92. The Balaban J connectivity index is 2.50. The molecule has 0 fully saturated rings. The van der Waals surface area contributed by atoms with Gasteiger partial charge in [-0.25, -0.2) is 4.39 Å². The van der Waals surface area contributed by atoms with E-state index in [0.717, 1.165) is 0 Å². The number of hydrogen-bond donors (Lipinski definition) is 2. The van der Waals surface area contributed by atoms with Crippen molar-refractivity contribution in [3.05, 3.63) is 52.3 Å². The Morgan fingerprint density at radius 3 is 2.74 bits per heavy atom. The molecule has 0 aliphatic heterocycles. The fourth-order valence-electron chi connectivity index (χ4n) is 1.84. The lowest BCUT2D eigenvalue weighted by Crippen LogP contribution is -2.39. The van der Waals surface area contributed by atoms with Crippen molar-refractivity contribution in [1.29, 1.82) is 0 Å². The van der Waals surface area contributed by atoms with Crippen LogP contribution in [0.3, 0.4) is 0 Å². The van der Waals surface area contributed by atoms with Crippen LogP contribution in [0.15, 0.2) is 42.3 Å². The highest BCUT2D eigenvalue weighted by atomic mass is 35.5. The maximum Gasteiger partial charge on any atom is 0.242 e. The molecule has 0 heterocycles. The Labute approximate surface area is 146 Å². The number of carbonyl (C=O) groups excluding carboxylic acids is 1. The molecule has 0 saturated carbocycles. The van der Waals surface area contributed by atoms with Crippen LogP contribution >= 0.6 is 23.2 Å². The lowest BCUT2D eigenvalue weighted by Gasteiger charge is -2.18. The number of hydrogen-bond acceptors (Lipinski definition) is 2. The highest BCUT2D eigenvalue weighted by Crippen LogP contribution is 2.26. The maximum atomic E-state index is 12.9. The first-order valence-electron chi connectivity index (χ1n) is 7.45. The van der Waals surface area contributed by atoms with Gasteiger partial charge >= 0.3 is 0 Å². The zero-order valence-electron chi connectivity index (χ0n) is 13.2. The molecular weight excluding hydrogens is 338 g/mol. The van der Waals surface area contributed by atoms with Gasteiger partial charge in [0.25, 0.3) is 0 Å².